The Hall–Kier alpha value is -0.200. The maximum absolute atomic E-state index is 9.74. The van der Waals surface area contributed by atoms with E-state index in [4.69, 9.17) is 9.47 Å². The number of methoxy groups -OCH3 is 1. The molecule has 2 unspecified atom stereocenters. The van der Waals surface area contributed by atoms with Crippen LogP contribution in [0.3, 0.4) is 0 Å². The highest BCUT2D eigenvalue weighted by Crippen LogP contribution is 2.04. The van der Waals surface area contributed by atoms with Gasteiger partial charge in [-0.1, -0.05) is 0 Å². The predicted molar refractivity (Wildman–Crippen MR) is 67.1 cm³/mol. The second-order valence-electron chi connectivity index (χ2n) is 5.26. The average molecular weight is 249 g/mol. The third kappa shape index (κ3) is 10.7. The SMILES string of the molecule is COCC(C)OCC(O)CN(C)CC(C)(C)O. The number of ether oxygens (including phenoxy) is 2. The van der Waals surface area contributed by atoms with Crippen LogP contribution in [0.4, 0.5) is 0 Å². The summed E-state index contributed by atoms with van der Waals surface area (Å²) in [4.78, 5) is 1.88. The van der Waals surface area contributed by atoms with Crippen LogP contribution in [0.2, 0.25) is 0 Å². The van der Waals surface area contributed by atoms with Crippen molar-refractivity contribution in [3.63, 3.8) is 0 Å². The largest absolute Gasteiger partial charge is 0.389 e. The highest BCUT2D eigenvalue weighted by atomic mass is 16.5. The highest BCUT2D eigenvalue weighted by molar-refractivity contribution is 4.72. The van der Waals surface area contributed by atoms with Crippen LogP contribution in [-0.2, 0) is 9.47 Å². The van der Waals surface area contributed by atoms with Crippen LogP contribution in [0.5, 0.6) is 0 Å². The summed E-state index contributed by atoms with van der Waals surface area (Å²) in [6, 6.07) is 0. The van der Waals surface area contributed by atoms with E-state index in [1.54, 1.807) is 21.0 Å². The Bertz CT molecular complexity index is 193. The Kier molecular flexibility index (Phi) is 7.91. The number of nitrogens with zero attached hydrogens (tertiary/aromatic N) is 1. The van der Waals surface area contributed by atoms with Crippen molar-refractivity contribution >= 4 is 0 Å². The molecule has 0 aliphatic carbocycles. The zero-order chi connectivity index (χ0) is 13.5. The van der Waals surface area contributed by atoms with E-state index >= 15 is 0 Å². The first-order valence-corrected chi connectivity index (χ1v) is 5.94. The zero-order valence-corrected chi connectivity index (χ0v) is 11.6. The lowest BCUT2D eigenvalue weighted by atomic mass is 10.1. The van der Waals surface area contributed by atoms with Crippen molar-refractivity contribution in [3.05, 3.63) is 0 Å². The van der Waals surface area contributed by atoms with Gasteiger partial charge in [0.25, 0.3) is 0 Å². The van der Waals surface area contributed by atoms with Gasteiger partial charge in [-0.3, -0.25) is 0 Å². The van der Waals surface area contributed by atoms with E-state index in [2.05, 4.69) is 0 Å². The monoisotopic (exact) mass is 249 g/mol. The summed E-state index contributed by atoms with van der Waals surface area (Å²) >= 11 is 0. The van der Waals surface area contributed by atoms with Crippen molar-refractivity contribution in [2.75, 3.05) is 40.5 Å². The Morgan fingerprint density at radius 2 is 1.88 bits per heavy atom. The number of rotatable bonds is 9. The Morgan fingerprint density at radius 1 is 1.29 bits per heavy atom. The molecule has 0 aliphatic heterocycles. The maximum atomic E-state index is 9.74. The van der Waals surface area contributed by atoms with E-state index in [0.717, 1.165) is 0 Å². The van der Waals surface area contributed by atoms with Crippen LogP contribution in [0.15, 0.2) is 0 Å². The average Bonchev–Trinajstić information content (AvgIpc) is 2.12. The quantitative estimate of drug-likeness (QED) is 0.607. The van der Waals surface area contributed by atoms with Crippen molar-refractivity contribution in [1.29, 1.82) is 0 Å². The molecule has 0 spiro atoms. The minimum Gasteiger partial charge on any atom is -0.389 e. The van der Waals surface area contributed by atoms with Crippen LogP contribution >= 0.6 is 0 Å². The van der Waals surface area contributed by atoms with Gasteiger partial charge in [-0.05, 0) is 27.8 Å². The smallest absolute Gasteiger partial charge is 0.0900 e. The lowest BCUT2D eigenvalue weighted by Crippen LogP contribution is -2.41. The molecule has 0 aromatic rings. The fourth-order valence-electron chi connectivity index (χ4n) is 1.70. The van der Waals surface area contributed by atoms with E-state index < -0.39 is 11.7 Å². The molecule has 17 heavy (non-hydrogen) atoms. The molecule has 0 fully saturated rings. The third-order valence-corrected chi connectivity index (χ3v) is 2.15. The van der Waals surface area contributed by atoms with E-state index in [1.807, 2.05) is 18.9 Å². The van der Waals surface area contributed by atoms with Crippen molar-refractivity contribution in [3.8, 4) is 0 Å². The van der Waals surface area contributed by atoms with Gasteiger partial charge in [0.15, 0.2) is 0 Å². The minimum atomic E-state index is -0.751. The van der Waals surface area contributed by atoms with E-state index in [9.17, 15) is 10.2 Å². The molecule has 0 saturated carbocycles. The number of aliphatic hydroxyl groups is 2. The van der Waals surface area contributed by atoms with Crippen molar-refractivity contribution < 1.29 is 19.7 Å². The minimum absolute atomic E-state index is 0.0192. The first-order valence-electron chi connectivity index (χ1n) is 5.94. The van der Waals surface area contributed by atoms with Gasteiger partial charge in [0.2, 0.25) is 0 Å². The van der Waals surface area contributed by atoms with Gasteiger partial charge in [-0.25, -0.2) is 0 Å². The Balaban J connectivity index is 3.74. The van der Waals surface area contributed by atoms with Crippen molar-refractivity contribution in [2.24, 2.45) is 0 Å². The zero-order valence-electron chi connectivity index (χ0n) is 11.6. The molecule has 2 atom stereocenters. The van der Waals surface area contributed by atoms with Crippen molar-refractivity contribution in [2.45, 2.75) is 38.6 Å². The maximum Gasteiger partial charge on any atom is 0.0900 e. The summed E-state index contributed by atoms with van der Waals surface area (Å²) < 4.78 is 10.3. The summed E-state index contributed by atoms with van der Waals surface area (Å²) in [6.07, 6.45) is -0.573. The van der Waals surface area contributed by atoms with E-state index in [0.29, 0.717) is 19.7 Å². The van der Waals surface area contributed by atoms with E-state index in [-0.39, 0.29) is 12.7 Å². The molecule has 0 radical (unpaired) electrons. The summed E-state index contributed by atoms with van der Waals surface area (Å²) in [5.41, 5.74) is -0.751. The lowest BCUT2D eigenvalue weighted by Gasteiger charge is -2.27. The van der Waals surface area contributed by atoms with Gasteiger partial charge < -0.3 is 24.6 Å². The molecule has 0 heterocycles. The van der Waals surface area contributed by atoms with Crippen LogP contribution < -0.4 is 0 Å². The standard InChI is InChI=1S/C12H27NO4/c1-10(7-16-5)17-8-11(14)6-13(4)9-12(2,3)15/h10-11,14-15H,6-9H2,1-5H3. The van der Waals surface area contributed by atoms with Gasteiger partial charge in [-0.15, -0.1) is 0 Å². The van der Waals surface area contributed by atoms with Crippen molar-refractivity contribution in [1.82, 2.24) is 4.90 Å². The fraction of sp³-hybridized carbons (Fsp3) is 1.00. The lowest BCUT2D eigenvalue weighted by molar-refractivity contribution is -0.0435. The topological polar surface area (TPSA) is 62.2 Å². The van der Waals surface area contributed by atoms with Crippen LogP contribution in [0.1, 0.15) is 20.8 Å². The molecule has 0 aromatic carbocycles. The van der Waals surface area contributed by atoms with Crippen LogP contribution in [0, 0.1) is 0 Å². The molecule has 2 N–H and O–H groups in total. The number of hydrogen-bond donors (Lipinski definition) is 2. The molecule has 0 bridgehead atoms. The normalized spacial score (nSPS) is 16.2. The molecule has 0 aromatic heterocycles. The van der Waals surface area contributed by atoms with E-state index in [1.165, 1.54) is 0 Å². The molecule has 0 saturated heterocycles. The number of aliphatic hydroxyl groups excluding tert-OH is 1. The van der Waals surface area contributed by atoms with Gasteiger partial charge >= 0.3 is 0 Å². The number of hydrogen-bond acceptors (Lipinski definition) is 5. The Morgan fingerprint density at radius 3 is 2.35 bits per heavy atom. The molecule has 5 nitrogen and oxygen atoms in total. The molecular formula is C12H27NO4. The summed E-state index contributed by atoms with van der Waals surface area (Å²) in [5.74, 6) is 0. The number of likely N-dealkylation sites (N-methyl/N-ethyl adjacent to an activating group) is 1. The van der Waals surface area contributed by atoms with Gasteiger partial charge in [-0.2, -0.15) is 0 Å². The van der Waals surface area contributed by atoms with Gasteiger partial charge in [0.1, 0.15) is 0 Å². The fourth-order valence-corrected chi connectivity index (χ4v) is 1.70. The molecule has 104 valence electrons. The molecule has 0 aliphatic rings. The van der Waals surface area contributed by atoms with Gasteiger partial charge in [0.05, 0.1) is 31.0 Å². The molecule has 0 rings (SSSR count). The summed E-state index contributed by atoms with van der Waals surface area (Å²) in [5, 5.41) is 19.4. The van der Waals surface area contributed by atoms with Crippen LogP contribution in [0.25, 0.3) is 0 Å². The first-order chi connectivity index (χ1) is 7.74. The predicted octanol–water partition coefficient (Wildman–Crippen LogP) is 0.102. The van der Waals surface area contributed by atoms with Gasteiger partial charge in [0, 0.05) is 20.2 Å². The molecule has 0 amide bonds. The Labute approximate surface area is 104 Å². The molecule has 5 heteroatoms. The summed E-state index contributed by atoms with van der Waals surface area (Å²) in [7, 11) is 3.48. The van der Waals surface area contributed by atoms with Crippen LogP contribution in [-0.4, -0.2) is 73.4 Å². The first kappa shape index (κ1) is 16.8. The highest BCUT2D eigenvalue weighted by Gasteiger charge is 2.18. The second kappa shape index (κ2) is 8.00. The third-order valence-electron chi connectivity index (χ3n) is 2.15. The second-order valence-corrected chi connectivity index (χ2v) is 5.26. The molecular weight excluding hydrogens is 222 g/mol. The summed E-state index contributed by atoms with van der Waals surface area (Å²) in [6.45, 7) is 7.17.